The standard InChI is InChI=1S/C23H24FN5O/c1-16-13-17(2)29(27-16)12-11-23(30)26-21(18-7-9-19(24)10-8-18)14-28-15-25-20-5-3-4-6-22(20)28/h3-10,13,15,21H,11-12,14H2,1-2H3,(H,26,30). The van der Waals surface area contributed by atoms with E-state index in [-0.39, 0.29) is 17.8 Å². The number of rotatable bonds is 7. The van der Waals surface area contributed by atoms with Crippen LogP contribution < -0.4 is 5.32 Å². The summed E-state index contributed by atoms with van der Waals surface area (Å²) in [6, 6.07) is 15.8. The average molecular weight is 405 g/mol. The van der Waals surface area contributed by atoms with Crippen LogP contribution in [0.1, 0.15) is 29.4 Å². The second kappa shape index (κ2) is 8.49. The Morgan fingerprint density at radius 2 is 1.90 bits per heavy atom. The number of nitrogens with one attached hydrogen (secondary N) is 1. The molecule has 1 amide bonds. The molecule has 2 aromatic heterocycles. The molecule has 7 heteroatoms. The summed E-state index contributed by atoms with van der Waals surface area (Å²) in [5, 5.41) is 7.51. The molecular weight excluding hydrogens is 381 g/mol. The first-order valence-corrected chi connectivity index (χ1v) is 9.95. The van der Waals surface area contributed by atoms with Gasteiger partial charge in [-0.2, -0.15) is 5.10 Å². The van der Waals surface area contributed by atoms with Crippen molar-refractivity contribution in [3.63, 3.8) is 0 Å². The zero-order valence-electron chi connectivity index (χ0n) is 17.0. The molecule has 2 aromatic carbocycles. The van der Waals surface area contributed by atoms with Gasteiger partial charge in [-0.25, -0.2) is 9.37 Å². The van der Waals surface area contributed by atoms with Crippen LogP contribution in [0, 0.1) is 19.7 Å². The first kappa shape index (κ1) is 19.8. The van der Waals surface area contributed by atoms with Crippen LogP contribution >= 0.6 is 0 Å². The Labute approximate surface area is 174 Å². The van der Waals surface area contributed by atoms with Crippen molar-refractivity contribution >= 4 is 16.9 Å². The Bertz CT molecular complexity index is 1160. The van der Waals surface area contributed by atoms with Crippen molar-refractivity contribution in [2.45, 2.75) is 39.4 Å². The number of aryl methyl sites for hydroxylation is 3. The van der Waals surface area contributed by atoms with E-state index in [1.54, 1.807) is 18.5 Å². The molecule has 0 spiro atoms. The van der Waals surface area contributed by atoms with Crippen LogP contribution in [0.25, 0.3) is 11.0 Å². The third-order valence-corrected chi connectivity index (χ3v) is 5.17. The molecule has 0 radical (unpaired) electrons. The predicted octanol–water partition coefficient (Wildman–Crippen LogP) is 3.94. The summed E-state index contributed by atoms with van der Waals surface area (Å²) in [7, 11) is 0. The maximum absolute atomic E-state index is 13.4. The summed E-state index contributed by atoms with van der Waals surface area (Å²) in [6.07, 6.45) is 2.08. The van der Waals surface area contributed by atoms with Gasteiger partial charge in [0.2, 0.25) is 5.91 Å². The average Bonchev–Trinajstić information content (AvgIpc) is 3.28. The maximum atomic E-state index is 13.4. The Hall–Kier alpha value is -3.48. The van der Waals surface area contributed by atoms with Gasteiger partial charge in [0.05, 0.1) is 29.1 Å². The van der Waals surface area contributed by atoms with Crippen LogP contribution in [0.2, 0.25) is 0 Å². The van der Waals surface area contributed by atoms with Crippen LogP contribution in [-0.2, 0) is 17.9 Å². The van der Waals surface area contributed by atoms with Crippen molar-refractivity contribution in [3.05, 3.63) is 83.7 Å². The molecule has 4 aromatic rings. The molecule has 1 unspecified atom stereocenters. The minimum atomic E-state index is -0.309. The van der Waals surface area contributed by atoms with Crippen LogP contribution in [0.3, 0.4) is 0 Å². The highest BCUT2D eigenvalue weighted by atomic mass is 19.1. The number of para-hydroxylation sites is 2. The zero-order chi connectivity index (χ0) is 21.1. The lowest BCUT2D eigenvalue weighted by molar-refractivity contribution is -0.122. The monoisotopic (exact) mass is 405 g/mol. The Morgan fingerprint density at radius 1 is 1.13 bits per heavy atom. The Balaban J connectivity index is 1.52. The van der Waals surface area contributed by atoms with E-state index in [0.717, 1.165) is 28.0 Å². The molecular formula is C23H24FN5O. The fraction of sp³-hybridized carbons (Fsp3) is 0.261. The van der Waals surface area contributed by atoms with E-state index in [9.17, 15) is 9.18 Å². The molecule has 154 valence electrons. The Morgan fingerprint density at radius 3 is 2.63 bits per heavy atom. The molecule has 0 saturated heterocycles. The second-order valence-electron chi connectivity index (χ2n) is 7.46. The van der Waals surface area contributed by atoms with Crippen molar-refractivity contribution in [3.8, 4) is 0 Å². The number of carbonyl (C=O) groups excluding carboxylic acids is 1. The van der Waals surface area contributed by atoms with E-state index in [1.807, 2.05) is 53.4 Å². The summed E-state index contributed by atoms with van der Waals surface area (Å²) in [4.78, 5) is 17.2. The number of amides is 1. The molecule has 0 bridgehead atoms. The van der Waals surface area contributed by atoms with Crippen LogP contribution in [0.5, 0.6) is 0 Å². The van der Waals surface area contributed by atoms with E-state index in [4.69, 9.17) is 0 Å². The number of hydrogen-bond donors (Lipinski definition) is 1. The zero-order valence-corrected chi connectivity index (χ0v) is 17.0. The van der Waals surface area contributed by atoms with E-state index in [0.29, 0.717) is 19.5 Å². The van der Waals surface area contributed by atoms with Crippen molar-refractivity contribution in [2.75, 3.05) is 0 Å². The quantitative estimate of drug-likeness (QED) is 0.507. The third kappa shape index (κ3) is 4.40. The molecule has 0 fully saturated rings. The summed E-state index contributed by atoms with van der Waals surface area (Å²) in [6.45, 7) is 4.92. The van der Waals surface area contributed by atoms with E-state index in [1.165, 1.54) is 12.1 Å². The SMILES string of the molecule is Cc1cc(C)n(CCC(=O)NC(Cn2cnc3ccccc32)c2ccc(F)cc2)n1. The second-order valence-corrected chi connectivity index (χ2v) is 7.46. The van der Waals surface area contributed by atoms with Crippen molar-refractivity contribution < 1.29 is 9.18 Å². The number of hydrogen-bond acceptors (Lipinski definition) is 3. The Kier molecular flexibility index (Phi) is 5.61. The highest BCUT2D eigenvalue weighted by molar-refractivity contribution is 5.77. The number of aromatic nitrogens is 4. The largest absolute Gasteiger partial charge is 0.347 e. The summed E-state index contributed by atoms with van der Waals surface area (Å²) in [5.41, 5.74) is 4.69. The van der Waals surface area contributed by atoms with E-state index >= 15 is 0 Å². The number of halogens is 1. The first-order valence-electron chi connectivity index (χ1n) is 9.95. The summed E-state index contributed by atoms with van der Waals surface area (Å²) >= 11 is 0. The number of nitrogens with zero attached hydrogens (tertiary/aromatic N) is 4. The fourth-order valence-electron chi connectivity index (χ4n) is 3.66. The van der Waals surface area contributed by atoms with Crippen molar-refractivity contribution in [1.82, 2.24) is 24.6 Å². The lowest BCUT2D eigenvalue weighted by Crippen LogP contribution is -2.32. The lowest BCUT2D eigenvalue weighted by Gasteiger charge is -2.20. The molecule has 4 rings (SSSR count). The molecule has 30 heavy (non-hydrogen) atoms. The smallest absolute Gasteiger partial charge is 0.222 e. The molecule has 2 heterocycles. The fourth-order valence-corrected chi connectivity index (χ4v) is 3.66. The number of benzene rings is 2. The molecule has 1 N–H and O–H groups in total. The van der Waals surface area contributed by atoms with Gasteiger partial charge in [0.15, 0.2) is 0 Å². The molecule has 6 nitrogen and oxygen atoms in total. The van der Waals surface area contributed by atoms with Gasteiger partial charge < -0.3 is 9.88 Å². The maximum Gasteiger partial charge on any atom is 0.222 e. The van der Waals surface area contributed by atoms with Gasteiger partial charge in [0, 0.05) is 25.2 Å². The molecule has 1 atom stereocenters. The van der Waals surface area contributed by atoms with Crippen LogP contribution in [0.15, 0.2) is 60.9 Å². The van der Waals surface area contributed by atoms with Gasteiger partial charge in [-0.15, -0.1) is 0 Å². The van der Waals surface area contributed by atoms with Crippen molar-refractivity contribution in [2.24, 2.45) is 0 Å². The van der Waals surface area contributed by atoms with Gasteiger partial charge in [0.1, 0.15) is 5.82 Å². The number of fused-ring (bicyclic) bond motifs is 1. The van der Waals surface area contributed by atoms with Gasteiger partial charge in [-0.3, -0.25) is 9.48 Å². The predicted molar refractivity (Wildman–Crippen MR) is 113 cm³/mol. The lowest BCUT2D eigenvalue weighted by atomic mass is 10.1. The first-order chi connectivity index (χ1) is 14.5. The summed E-state index contributed by atoms with van der Waals surface area (Å²) in [5.74, 6) is -0.386. The molecule has 0 aliphatic heterocycles. The van der Waals surface area contributed by atoms with E-state index in [2.05, 4.69) is 15.4 Å². The molecule has 0 saturated carbocycles. The van der Waals surface area contributed by atoms with Crippen molar-refractivity contribution in [1.29, 1.82) is 0 Å². The highest BCUT2D eigenvalue weighted by Crippen LogP contribution is 2.20. The van der Waals surface area contributed by atoms with Crippen LogP contribution in [0.4, 0.5) is 4.39 Å². The minimum Gasteiger partial charge on any atom is -0.347 e. The third-order valence-electron chi connectivity index (χ3n) is 5.17. The molecule has 0 aliphatic rings. The number of imidazole rings is 1. The van der Waals surface area contributed by atoms with Gasteiger partial charge in [0.25, 0.3) is 0 Å². The minimum absolute atomic E-state index is 0.0821. The van der Waals surface area contributed by atoms with Gasteiger partial charge >= 0.3 is 0 Å². The molecule has 0 aliphatic carbocycles. The topological polar surface area (TPSA) is 64.7 Å². The van der Waals surface area contributed by atoms with E-state index < -0.39 is 0 Å². The summed E-state index contributed by atoms with van der Waals surface area (Å²) < 4.78 is 17.3. The highest BCUT2D eigenvalue weighted by Gasteiger charge is 2.17. The van der Waals surface area contributed by atoms with Crippen LogP contribution in [-0.4, -0.2) is 25.2 Å². The van der Waals surface area contributed by atoms with Gasteiger partial charge in [-0.1, -0.05) is 24.3 Å². The normalized spacial score (nSPS) is 12.2. The van der Waals surface area contributed by atoms with Gasteiger partial charge in [-0.05, 0) is 49.7 Å². The number of carbonyl (C=O) groups is 1.